The second-order valence-electron chi connectivity index (χ2n) is 8.03. The first-order chi connectivity index (χ1) is 15.2. The lowest BCUT2D eigenvalue weighted by molar-refractivity contribution is -0.139. The van der Waals surface area contributed by atoms with E-state index in [1.165, 1.54) is 0 Å². The number of hydrogen-bond acceptors (Lipinski definition) is 6. The number of aliphatic carboxylic acids is 1. The van der Waals surface area contributed by atoms with Gasteiger partial charge in [0.15, 0.2) is 5.90 Å². The third kappa shape index (κ3) is 8.59. The number of carbonyl (C=O) groups is 3. The predicted molar refractivity (Wildman–Crippen MR) is 119 cm³/mol. The number of carboxylic acids is 1. The number of nitrogens with one attached hydrogen (secondary N) is 1. The molecule has 0 heterocycles. The van der Waals surface area contributed by atoms with Crippen LogP contribution in [0.15, 0.2) is 65.7 Å². The second kappa shape index (κ2) is 11.6. The van der Waals surface area contributed by atoms with E-state index in [0.29, 0.717) is 11.8 Å². The molecule has 0 aromatic heterocycles. The topological polar surface area (TPSA) is 114 Å². The van der Waals surface area contributed by atoms with Gasteiger partial charge in [-0.3, -0.25) is 0 Å². The number of carboxylic acid groups (broad SMARTS) is 1. The molecule has 2 aromatic carbocycles. The quantitative estimate of drug-likeness (QED) is 0.347. The summed E-state index contributed by atoms with van der Waals surface area (Å²) in [5.74, 6) is -1.26. The lowest BCUT2D eigenvalue weighted by atomic mass is 10.1. The van der Waals surface area contributed by atoms with Crippen molar-refractivity contribution in [2.24, 2.45) is 4.99 Å². The molecule has 0 saturated heterocycles. The zero-order valence-corrected chi connectivity index (χ0v) is 18.4. The minimum atomic E-state index is -1.36. The van der Waals surface area contributed by atoms with Gasteiger partial charge in [0.2, 0.25) is 0 Å². The first kappa shape index (κ1) is 24.6. The highest BCUT2D eigenvalue weighted by molar-refractivity contribution is 5.88. The molecule has 2 atom stereocenters. The molecule has 0 aliphatic rings. The molecule has 1 amide bonds. The monoisotopic (exact) mass is 440 g/mol. The SMILES string of the molecule is CC(C)(C)OC(=O)N[C@@H](CC(=N[C@@H](C=O)c1ccccc1)OCc1ccccc1)C(=O)O. The lowest BCUT2D eigenvalue weighted by Gasteiger charge is -2.22. The zero-order valence-electron chi connectivity index (χ0n) is 18.4. The van der Waals surface area contributed by atoms with E-state index in [2.05, 4.69) is 10.3 Å². The van der Waals surface area contributed by atoms with E-state index in [-0.39, 0.29) is 18.9 Å². The molecule has 0 spiro atoms. The molecule has 0 fully saturated rings. The number of hydrogen-bond donors (Lipinski definition) is 2. The largest absolute Gasteiger partial charge is 0.480 e. The van der Waals surface area contributed by atoms with Gasteiger partial charge in [0.25, 0.3) is 0 Å². The lowest BCUT2D eigenvalue weighted by Crippen LogP contribution is -2.44. The molecule has 0 radical (unpaired) electrons. The van der Waals surface area contributed by atoms with Crippen LogP contribution in [0.1, 0.15) is 44.4 Å². The van der Waals surface area contributed by atoms with Crippen molar-refractivity contribution < 1.29 is 29.0 Å². The van der Waals surface area contributed by atoms with Crippen LogP contribution in [0.25, 0.3) is 0 Å². The van der Waals surface area contributed by atoms with Gasteiger partial charge in [-0.05, 0) is 31.9 Å². The van der Waals surface area contributed by atoms with Gasteiger partial charge >= 0.3 is 12.1 Å². The van der Waals surface area contributed by atoms with Gasteiger partial charge < -0.3 is 24.7 Å². The van der Waals surface area contributed by atoms with Crippen LogP contribution in [-0.2, 0) is 25.7 Å². The summed E-state index contributed by atoms with van der Waals surface area (Å²) in [6.07, 6.45) is -0.487. The molecule has 0 unspecified atom stereocenters. The number of rotatable bonds is 9. The van der Waals surface area contributed by atoms with E-state index in [9.17, 15) is 19.5 Å². The van der Waals surface area contributed by atoms with Crippen molar-refractivity contribution in [3.63, 3.8) is 0 Å². The second-order valence-corrected chi connectivity index (χ2v) is 8.03. The molecule has 8 heteroatoms. The normalized spacial score (nSPS) is 13.5. The van der Waals surface area contributed by atoms with E-state index in [4.69, 9.17) is 9.47 Å². The number of ether oxygens (including phenoxy) is 2. The molecule has 170 valence electrons. The number of aliphatic imine (C=N–C) groups is 1. The van der Waals surface area contributed by atoms with Crippen molar-refractivity contribution in [2.45, 2.75) is 51.5 Å². The van der Waals surface area contributed by atoms with Gasteiger partial charge in [-0.2, -0.15) is 0 Å². The summed E-state index contributed by atoms with van der Waals surface area (Å²) in [4.78, 5) is 39.9. The summed E-state index contributed by atoms with van der Waals surface area (Å²) in [5, 5.41) is 11.9. The molecule has 32 heavy (non-hydrogen) atoms. The van der Waals surface area contributed by atoms with E-state index in [1.807, 2.05) is 36.4 Å². The molecule has 2 rings (SSSR count). The number of nitrogens with zero attached hydrogens (tertiary/aromatic N) is 1. The summed E-state index contributed by atoms with van der Waals surface area (Å²) in [6, 6.07) is 15.9. The number of alkyl carbamates (subject to hydrolysis) is 1. The maximum atomic E-state index is 12.1. The van der Waals surface area contributed by atoms with E-state index < -0.39 is 29.7 Å². The van der Waals surface area contributed by atoms with Gasteiger partial charge in [0.05, 0.1) is 6.42 Å². The Morgan fingerprint density at radius 3 is 2.19 bits per heavy atom. The Morgan fingerprint density at radius 1 is 1.06 bits per heavy atom. The number of benzene rings is 2. The molecule has 0 aliphatic carbocycles. The van der Waals surface area contributed by atoms with Gasteiger partial charge in [0, 0.05) is 0 Å². The van der Waals surface area contributed by atoms with E-state index >= 15 is 0 Å². The predicted octanol–water partition coefficient (Wildman–Crippen LogP) is 3.91. The Kier molecular flexibility index (Phi) is 8.95. The minimum Gasteiger partial charge on any atom is -0.480 e. The van der Waals surface area contributed by atoms with Crippen molar-refractivity contribution >= 4 is 24.2 Å². The molecular weight excluding hydrogens is 412 g/mol. The maximum Gasteiger partial charge on any atom is 0.408 e. The third-order valence-electron chi connectivity index (χ3n) is 4.17. The first-order valence-corrected chi connectivity index (χ1v) is 10.1. The summed E-state index contributed by atoms with van der Waals surface area (Å²) in [5.41, 5.74) is 0.689. The molecule has 0 saturated carbocycles. The zero-order chi connectivity index (χ0) is 23.6. The van der Waals surface area contributed by atoms with Crippen LogP contribution in [0.3, 0.4) is 0 Å². The van der Waals surface area contributed by atoms with Gasteiger partial charge in [-0.15, -0.1) is 0 Å². The highest BCUT2D eigenvalue weighted by Crippen LogP contribution is 2.17. The van der Waals surface area contributed by atoms with Gasteiger partial charge in [0.1, 0.15) is 30.6 Å². The van der Waals surface area contributed by atoms with Gasteiger partial charge in [-0.1, -0.05) is 60.7 Å². The van der Waals surface area contributed by atoms with Crippen molar-refractivity contribution in [1.29, 1.82) is 0 Å². The Labute approximate surface area is 187 Å². The van der Waals surface area contributed by atoms with Crippen LogP contribution >= 0.6 is 0 Å². The molecule has 0 aliphatic heterocycles. The average molecular weight is 440 g/mol. The van der Waals surface area contributed by atoms with Crippen molar-refractivity contribution in [3.8, 4) is 0 Å². The van der Waals surface area contributed by atoms with Crippen LogP contribution < -0.4 is 5.32 Å². The third-order valence-corrected chi connectivity index (χ3v) is 4.17. The minimum absolute atomic E-state index is 0.0262. The van der Waals surface area contributed by atoms with Crippen molar-refractivity contribution in [2.75, 3.05) is 0 Å². The first-order valence-electron chi connectivity index (χ1n) is 10.1. The number of aldehydes is 1. The van der Waals surface area contributed by atoms with Crippen LogP contribution in [0, 0.1) is 0 Å². The van der Waals surface area contributed by atoms with Crippen molar-refractivity contribution in [1.82, 2.24) is 5.32 Å². The smallest absolute Gasteiger partial charge is 0.408 e. The van der Waals surface area contributed by atoms with Gasteiger partial charge in [-0.25, -0.2) is 14.6 Å². The Hall–Kier alpha value is -3.68. The molecule has 2 aromatic rings. The summed E-state index contributed by atoms with van der Waals surface area (Å²) in [6.45, 7) is 5.14. The van der Waals surface area contributed by atoms with Crippen LogP contribution in [0.4, 0.5) is 4.79 Å². The maximum absolute atomic E-state index is 12.1. The highest BCUT2D eigenvalue weighted by Gasteiger charge is 2.27. The molecule has 2 N–H and O–H groups in total. The fraction of sp³-hybridized carbons (Fsp3) is 0.333. The Balaban J connectivity index is 2.25. The Bertz CT molecular complexity index is 923. The summed E-state index contributed by atoms with van der Waals surface area (Å²) >= 11 is 0. The average Bonchev–Trinajstić information content (AvgIpc) is 2.74. The fourth-order valence-electron chi connectivity index (χ4n) is 2.70. The standard InChI is InChI=1S/C24H28N2O6/c1-24(2,3)32-23(30)26-19(22(28)29)14-21(31-16-17-10-6-4-7-11-17)25-20(15-27)18-12-8-5-9-13-18/h4-13,15,19-20H,14,16H2,1-3H3,(H,26,30)(H,28,29)/t19-,20-/m0/s1. The molecular formula is C24H28N2O6. The molecule has 8 nitrogen and oxygen atoms in total. The number of carbonyl (C=O) groups excluding carboxylic acids is 2. The molecule has 0 bridgehead atoms. The fourth-order valence-corrected chi connectivity index (χ4v) is 2.70. The highest BCUT2D eigenvalue weighted by atomic mass is 16.6. The van der Waals surface area contributed by atoms with Crippen molar-refractivity contribution in [3.05, 3.63) is 71.8 Å². The van der Waals surface area contributed by atoms with Crippen LogP contribution in [0.2, 0.25) is 0 Å². The Morgan fingerprint density at radius 2 is 1.66 bits per heavy atom. The van der Waals surface area contributed by atoms with E-state index in [0.717, 1.165) is 5.56 Å². The summed E-state index contributed by atoms with van der Waals surface area (Å²) in [7, 11) is 0. The van der Waals surface area contributed by atoms with Crippen LogP contribution in [-0.4, -0.2) is 41.0 Å². The number of amides is 1. The summed E-state index contributed by atoms with van der Waals surface area (Å²) < 4.78 is 10.9. The van der Waals surface area contributed by atoms with E-state index in [1.54, 1.807) is 45.0 Å². The van der Waals surface area contributed by atoms with Crippen LogP contribution in [0.5, 0.6) is 0 Å².